The summed E-state index contributed by atoms with van der Waals surface area (Å²) >= 11 is 3.57. The number of nitrogens with zero attached hydrogens (tertiary/aromatic N) is 2. The lowest BCUT2D eigenvalue weighted by Crippen LogP contribution is -2.34. The van der Waals surface area contributed by atoms with Gasteiger partial charge in [0, 0.05) is 12.6 Å². The minimum absolute atomic E-state index is 0.377. The Kier molecular flexibility index (Phi) is 6.07. The van der Waals surface area contributed by atoms with E-state index in [1.807, 2.05) is 6.92 Å². The monoisotopic (exact) mass is 328 g/mol. The first-order chi connectivity index (χ1) is 8.81. The molecule has 1 aromatic heterocycles. The van der Waals surface area contributed by atoms with Gasteiger partial charge in [-0.3, -0.25) is 0 Å². The molecule has 108 valence electrons. The third kappa shape index (κ3) is 4.99. The largest absolute Gasteiger partial charge is 0.397 e. The lowest BCUT2D eigenvalue weighted by molar-refractivity contribution is 0.356. The fourth-order valence-corrected chi connectivity index (χ4v) is 2.52. The molecule has 1 rings (SSSR count). The van der Waals surface area contributed by atoms with Crippen LogP contribution in [0, 0.1) is 12.8 Å². The van der Waals surface area contributed by atoms with Crippen molar-refractivity contribution < 1.29 is 0 Å². The average molecular weight is 329 g/mol. The molecule has 3 N–H and O–H groups in total. The smallest absolute Gasteiger partial charge is 0.140 e. The van der Waals surface area contributed by atoms with Gasteiger partial charge in [-0.2, -0.15) is 0 Å². The Morgan fingerprint density at radius 3 is 2.58 bits per heavy atom. The van der Waals surface area contributed by atoms with E-state index in [2.05, 4.69) is 59.1 Å². The molecule has 0 aliphatic heterocycles. The third-order valence-corrected chi connectivity index (χ3v) is 3.96. The number of hydrogen-bond acceptors (Lipinski definition) is 4. The second-order valence-electron chi connectivity index (χ2n) is 5.73. The van der Waals surface area contributed by atoms with Gasteiger partial charge in [0.1, 0.15) is 5.82 Å². The Morgan fingerprint density at radius 2 is 2.05 bits per heavy atom. The van der Waals surface area contributed by atoms with E-state index in [0.29, 0.717) is 17.6 Å². The van der Waals surface area contributed by atoms with E-state index in [1.54, 1.807) is 6.20 Å². The van der Waals surface area contributed by atoms with Crippen LogP contribution in [0.3, 0.4) is 0 Å². The van der Waals surface area contributed by atoms with E-state index in [0.717, 1.165) is 28.8 Å². The zero-order valence-electron chi connectivity index (χ0n) is 12.5. The van der Waals surface area contributed by atoms with Gasteiger partial charge in [-0.15, -0.1) is 0 Å². The maximum Gasteiger partial charge on any atom is 0.140 e. The van der Waals surface area contributed by atoms with E-state index >= 15 is 0 Å². The molecule has 1 aromatic rings. The molecular formula is C14H25BrN4. The summed E-state index contributed by atoms with van der Waals surface area (Å²) in [6.45, 7) is 7.45. The van der Waals surface area contributed by atoms with E-state index in [-0.39, 0.29) is 0 Å². The Labute approximate surface area is 124 Å². The van der Waals surface area contributed by atoms with Crippen LogP contribution in [0.1, 0.15) is 25.8 Å². The van der Waals surface area contributed by atoms with Gasteiger partial charge in [-0.05, 0) is 54.9 Å². The van der Waals surface area contributed by atoms with Crippen molar-refractivity contribution in [3.05, 3.63) is 16.2 Å². The van der Waals surface area contributed by atoms with Crippen molar-refractivity contribution >= 4 is 27.4 Å². The Bertz CT molecular complexity index is 408. The summed E-state index contributed by atoms with van der Waals surface area (Å²) in [6.07, 6.45) is 2.82. The fraction of sp³-hybridized carbons (Fsp3) is 0.643. The summed E-state index contributed by atoms with van der Waals surface area (Å²) in [7, 11) is 4.18. The molecule has 5 heteroatoms. The first-order valence-electron chi connectivity index (χ1n) is 6.63. The highest BCUT2D eigenvalue weighted by atomic mass is 79.9. The summed E-state index contributed by atoms with van der Waals surface area (Å²) in [5.74, 6) is 1.52. The molecule has 0 bridgehead atoms. The maximum atomic E-state index is 5.85. The van der Waals surface area contributed by atoms with E-state index in [1.165, 1.54) is 0 Å². The number of likely N-dealkylation sites (N-methyl/N-ethyl adjacent to an activating group) is 1. The molecule has 19 heavy (non-hydrogen) atoms. The predicted octanol–water partition coefficient (Wildman–Crippen LogP) is 3.12. The van der Waals surface area contributed by atoms with Crippen molar-refractivity contribution in [2.24, 2.45) is 5.92 Å². The second-order valence-corrected chi connectivity index (χ2v) is 6.53. The number of nitrogen functional groups attached to an aromatic ring is 1. The summed E-state index contributed by atoms with van der Waals surface area (Å²) in [5, 5.41) is 3.52. The van der Waals surface area contributed by atoms with E-state index < -0.39 is 0 Å². The molecule has 0 spiro atoms. The highest BCUT2D eigenvalue weighted by molar-refractivity contribution is 9.10. The van der Waals surface area contributed by atoms with Crippen LogP contribution in [0.2, 0.25) is 0 Å². The molecule has 0 amide bonds. The SMILES string of the molecule is Cc1c(N)cnc(NC(CC(C)C)CN(C)C)c1Br. The van der Waals surface area contributed by atoms with Gasteiger partial charge in [0.15, 0.2) is 0 Å². The number of hydrogen-bond donors (Lipinski definition) is 2. The quantitative estimate of drug-likeness (QED) is 0.842. The van der Waals surface area contributed by atoms with Crippen LogP contribution in [0.4, 0.5) is 11.5 Å². The van der Waals surface area contributed by atoms with Crippen molar-refractivity contribution in [3.63, 3.8) is 0 Å². The van der Waals surface area contributed by atoms with Crippen molar-refractivity contribution in [2.75, 3.05) is 31.7 Å². The van der Waals surface area contributed by atoms with Gasteiger partial charge >= 0.3 is 0 Å². The average Bonchev–Trinajstić information content (AvgIpc) is 2.28. The number of pyridine rings is 1. The van der Waals surface area contributed by atoms with Crippen LogP contribution in [-0.2, 0) is 0 Å². The summed E-state index contributed by atoms with van der Waals surface area (Å²) < 4.78 is 0.958. The lowest BCUT2D eigenvalue weighted by atomic mass is 10.0. The molecule has 1 unspecified atom stereocenters. The zero-order valence-corrected chi connectivity index (χ0v) is 14.1. The molecule has 0 radical (unpaired) electrons. The van der Waals surface area contributed by atoms with Gasteiger partial charge in [0.25, 0.3) is 0 Å². The van der Waals surface area contributed by atoms with Crippen LogP contribution in [-0.4, -0.2) is 36.6 Å². The number of nitrogens with two attached hydrogens (primary N) is 1. The zero-order chi connectivity index (χ0) is 14.6. The van der Waals surface area contributed by atoms with Crippen LogP contribution < -0.4 is 11.1 Å². The minimum atomic E-state index is 0.377. The second kappa shape index (κ2) is 7.10. The molecule has 0 saturated carbocycles. The van der Waals surface area contributed by atoms with Gasteiger partial charge in [-0.1, -0.05) is 13.8 Å². The Hall–Kier alpha value is -0.810. The third-order valence-electron chi connectivity index (χ3n) is 2.99. The van der Waals surface area contributed by atoms with Crippen LogP contribution >= 0.6 is 15.9 Å². The number of rotatable bonds is 6. The van der Waals surface area contributed by atoms with Crippen LogP contribution in [0.25, 0.3) is 0 Å². The normalized spacial score (nSPS) is 13.1. The Balaban J connectivity index is 2.86. The molecule has 1 heterocycles. The standard InChI is InChI=1S/C14H25BrN4/c1-9(2)6-11(8-19(4)5)18-14-13(15)10(3)12(16)7-17-14/h7,9,11H,6,8,16H2,1-5H3,(H,17,18). The minimum Gasteiger partial charge on any atom is -0.397 e. The molecule has 4 nitrogen and oxygen atoms in total. The molecule has 0 aromatic carbocycles. The molecule has 0 saturated heterocycles. The van der Waals surface area contributed by atoms with Gasteiger partial charge < -0.3 is 16.0 Å². The number of anilines is 2. The molecule has 0 aliphatic carbocycles. The van der Waals surface area contributed by atoms with E-state index in [9.17, 15) is 0 Å². The molecule has 0 fully saturated rings. The number of nitrogens with one attached hydrogen (secondary N) is 1. The lowest BCUT2D eigenvalue weighted by Gasteiger charge is -2.25. The van der Waals surface area contributed by atoms with Crippen molar-refractivity contribution in [1.29, 1.82) is 0 Å². The summed E-state index contributed by atoms with van der Waals surface area (Å²) in [5.41, 5.74) is 7.60. The number of aromatic nitrogens is 1. The van der Waals surface area contributed by atoms with Gasteiger partial charge in [-0.25, -0.2) is 4.98 Å². The Morgan fingerprint density at radius 1 is 1.42 bits per heavy atom. The highest BCUT2D eigenvalue weighted by Gasteiger charge is 2.15. The summed E-state index contributed by atoms with van der Waals surface area (Å²) in [6, 6.07) is 0.377. The molecule has 1 atom stereocenters. The van der Waals surface area contributed by atoms with E-state index in [4.69, 9.17) is 5.73 Å². The molecular weight excluding hydrogens is 304 g/mol. The van der Waals surface area contributed by atoms with Gasteiger partial charge in [0.05, 0.1) is 16.4 Å². The predicted molar refractivity (Wildman–Crippen MR) is 86.5 cm³/mol. The topological polar surface area (TPSA) is 54.2 Å². The molecule has 0 aliphatic rings. The fourth-order valence-electron chi connectivity index (χ4n) is 2.07. The van der Waals surface area contributed by atoms with Crippen molar-refractivity contribution in [3.8, 4) is 0 Å². The first kappa shape index (κ1) is 16.2. The highest BCUT2D eigenvalue weighted by Crippen LogP contribution is 2.28. The van der Waals surface area contributed by atoms with Crippen LogP contribution in [0.5, 0.6) is 0 Å². The van der Waals surface area contributed by atoms with Gasteiger partial charge in [0.2, 0.25) is 0 Å². The van der Waals surface area contributed by atoms with Crippen LogP contribution in [0.15, 0.2) is 10.7 Å². The summed E-state index contributed by atoms with van der Waals surface area (Å²) in [4.78, 5) is 6.58. The maximum absolute atomic E-state index is 5.85. The first-order valence-corrected chi connectivity index (χ1v) is 7.42. The van der Waals surface area contributed by atoms with Crippen molar-refractivity contribution in [2.45, 2.75) is 33.2 Å². The number of halogens is 1. The van der Waals surface area contributed by atoms with Crippen molar-refractivity contribution in [1.82, 2.24) is 9.88 Å².